The van der Waals surface area contributed by atoms with E-state index in [-0.39, 0.29) is 11.6 Å². The fraction of sp³-hybridized carbons (Fsp3) is 0.125. The molecule has 0 aliphatic rings. The molecule has 0 saturated carbocycles. The van der Waals surface area contributed by atoms with Crippen molar-refractivity contribution >= 4 is 5.78 Å². The quantitative estimate of drug-likeness (QED) is 0.466. The number of carbonyl (C=O) groups excluding carboxylic acids is 1. The zero-order chi connectivity index (χ0) is 8.27. The monoisotopic (exact) mass is 148 g/mol. The van der Waals surface area contributed by atoms with Crippen molar-refractivity contribution in [3.63, 3.8) is 0 Å². The molecular weight excluding hydrogens is 140 g/mol. The van der Waals surface area contributed by atoms with Gasteiger partial charge in [-0.15, -0.1) is 0 Å². The van der Waals surface area contributed by atoms with Crippen LogP contribution in [0.15, 0.2) is 25.0 Å². The molecular formula is C8H8N2O. The van der Waals surface area contributed by atoms with Crippen LogP contribution >= 0.6 is 0 Å². The van der Waals surface area contributed by atoms with Crippen LogP contribution in [0.25, 0.3) is 0 Å². The molecule has 1 rings (SSSR count). The summed E-state index contributed by atoms with van der Waals surface area (Å²) in [5.74, 6) is -0.0457. The van der Waals surface area contributed by atoms with Gasteiger partial charge < -0.3 is 0 Å². The lowest BCUT2D eigenvalue weighted by Gasteiger charge is -1.92. The number of allylic oxidation sites excluding steroid dienone is 1. The van der Waals surface area contributed by atoms with Gasteiger partial charge in [0.25, 0.3) is 0 Å². The van der Waals surface area contributed by atoms with Gasteiger partial charge in [0.15, 0.2) is 5.82 Å². The highest BCUT2D eigenvalue weighted by Crippen LogP contribution is 1.94. The Bertz CT molecular complexity index is 277. The molecule has 0 N–H and O–H groups in total. The molecule has 3 nitrogen and oxygen atoms in total. The molecule has 0 aliphatic carbocycles. The van der Waals surface area contributed by atoms with Gasteiger partial charge in [-0.2, -0.15) is 0 Å². The van der Waals surface area contributed by atoms with Crippen molar-refractivity contribution in [3.8, 4) is 0 Å². The van der Waals surface area contributed by atoms with Crippen LogP contribution in [0, 0.1) is 6.92 Å². The van der Waals surface area contributed by atoms with Gasteiger partial charge in [-0.25, -0.2) is 9.97 Å². The Kier molecular flexibility index (Phi) is 2.11. The van der Waals surface area contributed by atoms with E-state index in [0.717, 1.165) is 5.56 Å². The molecule has 56 valence electrons. The smallest absolute Gasteiger partial charge is 0.222 e. The average Bonchev–Trinajstić information content (AvgIpc) is 2.05. The molecule has 0 aliphatic heterocycles. The molecule has 0 unspecified atom stereocenters. The van der Waals surface area contributed by atoms with Gasteiger partial charge in [0.05, 0.1) is 0 Å². The number of nitrogens with zero attached hydrogens (tertiary/aromatic N) is 2. The molecule has 0 amide bonds. The number of aryl methyl sites for hydroxylation is 1. The van der Waals surface area contributed by atoms with Crippen LogP contribution in [-0.2, 0) is 0 Å². The van der Waals surface area contributed by atoms with E-state index in [9.17, 15) is 4.79 Å². The maximum atomic E-state index is 10.9. The number of aromatic nitrogens is 2. The zero-order valence-corrected chi connectivity index (χ0v) is 6.24. The van der Waals surface area contributed by atoms with Crippen LogP contribution in [0.5, 0.6) is 0 Å². The van der Waals surface area contributed by atoms with Gasteiger partial charge in [0.2, 0.25) is 5.78 Å². The normalized spacial score (nSPS) is 9.18. The minimum atomic E-state index is -0.245. The van der Waals surface area contributed by atoms with Crippen molar-refractivity contribution in [3.05, 3.63) is 36.4 Å². The highest BCUT2D eigenvalue weighted by atomic mass is 16.1. The van der Waals surface area contributed by atoms with Crippen LogP contribution in [0.3, 0.4) is 0 Å². The van der Waals surface area contributed by atoms with E-state index < -0.39 is 0 Å². The second-order valence-corrected chi connectivity index (χ2v) is 2.15. The van der Waals surface area contributed by atoms with Gasteiger partial charge in [-0.1, -0.05) is 6.58 Å². The predicted octanol–water partition coefficient (Wildman–Crippen LogP) is 1.15. The molecule has 0 fully saturated rings. The SMILES string of the molecule is C=CC(=O)c1ncc(C)cn1. The summed E-state index contributed by atoms with van der Waals surface area (Å²) in [7, 11) is 0. The molecule has 1 aromatic heterocycles. The number of rotatable bonds is 2. The van der Waals surface area contributed by atoms with E-state index in [1.165, 1.54) is 6.08 Å². The Morgan fingerprint density at radius 3 is 2.55 bits per heavy atom. The Hall–Kier alpha value is -1.51. The molecule has 0 atom stereocenters. The lowest BCUT2D eigenvalue weighted by molar-refractivity contribution is 0.103. The maximum absolute atomic E-state index is 10.9. The van der Waals surface area contributed by atoms with Crippen molar-refractivity contribution in [1.82, 2.24) is 9.97 Å². The molecule has 0 bridgehead atoms. The Morgan fingerprint density at radius 1 is 1.55 bits per heavy atom. The Labute approximate surface area is 64.8 Å². The summed E-state index contributed by atoms with van der Waals surface area (Å²) in [6, 6.07) is 0. The van der Waals surface area contributed by atoms with Crippen LogP contribution in [-0.4, -0.2) is 15.8 Å². The summed E-state index contributed by atoms with van der Waals surface area (Å²) in [4.78, 5) is 18.5. The van der Waals surface area contributed by atoms with Crippen molar-refractivity contribution in [2.75, 3.05) is 0 Å². The number of hydrogen-bond acceptors (Lipinski definition) is 3. The Balaban J connectivity index is 2.98. The van der Waals surface area contributed by atoms with E-state index in [1.54, 1.807) is 12.4 Å². The first-order valence-electron chi connectivity index (χ1n) is 3.19. The maximum Gasteiger partial charge on any atom is 0.222 e. The van der Waals surface area contributed by atoms with E-state index in [1.807, 2.05) is 6.92 Å². The molecule has 0 aromatic carbocycles. The average molecular weight is 148 g/mol. The van der Waals surface area contributed by atoms with Crippen molar-refractivity contribution in [2.24, 2.45) is 0 Å². The topological polar surface area (TPSA) is 42.9 Å². The van der Waals surface area contributed by atoms with Gasteiger partial charge in [0.1, 0.15) is 0 Å². The third-order valence-corrected chi connectivity index (χ3v) is 1.19. The minimum absolute atomic E-state index is 0.200. The van der Waals surface area contributed by atoms with E-state index in [2.05, 4.69) is 16.5 Å². The Morgan fingerprint density at radius 2 is 2.09 bits per heavy atom. The summed E-state index contributed by atoms with van der Waals surface area (Å²) < 4.78 is 0. The van der Waals surface area contributed by atoms with Crippen molar-refractivity contribution in [1.29, 1.82) is 0 Å². The summed E-state index contributed by atoms with van der Waals surface area (Å²) in [5, 5.41) is 0. The van der Waals surface area contributed by atoms with Crippen LogP contribution in [0.4, 0.5) is 0 Å². The summed E-state index contributed by atoms with van der Waals surface area (Å²) >= 11 is 0. The fourth-order valence-electron chi connectivity index (χ4n) is 0.611. The molecule has 1 aromatic rings. The fourth-order valence-corrected chi connectivity index (χ4v) is 0.611. The summed E-state index contributed by atoms with van der Waals surface area (Å²) in [6.07, 6.45) is 4.40. The van der Waals surface area contributed by atoms with Gasteiger partial charge in [-0.3, -0.25) is 4.79 Å². The van der Waals surface area contributed by atoms with Crippen LogP contribution in [0.1, 0.15) is 16.2 Å². The predicted molar refractivity (Wildman–Crippen MR) is 41.3 cm³/mol. The number of hydrogen-bond donors (Lipinski definition) is 0. The second-order valence-electron chi connectivity index (χ2n) is 2.15. The van der Waals surface area contributed by atoms with E-state index >= 15 is 0 Å². The summed E-state index contributed by atoms with van der Waals surface area (Å²) in [5.41, 5.74) is 0.936. The molecule has 0 radical (unpaired) electrons. The third kappa shape index (κ3) is 1.70. The minimum Gasteiger partial charge on any atom is -0.286 e. The lowest BCUT2D eigenvalue weighted by Crippen LogP contribution is -2.01. The van der Waals surface area contributed by atoms with Crippen molar-refractivity contribution in [2.45, 2.75) is 6.92 Å². The lowest BCUT2D eigenvalue weighted by atomic mass is 10.3. The molecule has 0 spiro atoms. The standard InChI is InChI=1S/C8H8N2O/c1-3-7(11)8-9-4-6(2)5-10-8/h3-5H,1H2,2H3. The van der Waals surface area contributed by atoms with Gasteiger partial charge in [0, 0.05) is 12.4 Å². The first kappa shape index (κ1) is 7.60. The van der Waals surface area contributed by atoms with Crippen LogP contribution < -0.4 is 0 Å². The first-order chi connectivity index (χ1) is 5.24. The third-order valence-electron chi connectivity index (χ3n) is 1.19. The molecule has 11 heavy (non-hydrogen) atoms. The second kappa shape index (κ2) is 3.05. The number of carbonyl (C=O) groups is 1. The van der Waals surface area contributed by atoms with E-state index in [0.29, 0.717) is 0 Å². The van der Waals surface area contributed by atoms with E-state index in [4.69, 9.17) is 0 Å². The highest BCUT2D eigenvalue weighted by Gasteiger charge is 2.01. The molecule has 3 heteroatoms. The molecule has 0 saturated heterocycles. The zero-order valence-electron chi connectivity index (χ0n) is 6.24. The first-order valence-corrected chi connectivity index (χ1v) is 3.19. The molecule has 1 heterocycles. The van der Waals surface area contributed by atoms with Gasteiger partial charge >= 0.3 is 0 Å². The van der Waals surface area contributed by atoms with Crippen molar-refractivity contribution < 1.29 is 4.79 Å². The van der Waals surface area contributed by atoms with Gasteiger partial charge in [-0.05, 0) is 18.6 Å². The highest BCUT2D eigenvalue weighted by molar-refractivity contribution is 6.01. The summed E-state index contributed by atoms with van der Waals surface area (Å²) in [6.45, 7) is 5.19. The van der Waals surface area contributed by atoms with Crippen LogP contribution in [0.2, 0.25) is 0 Å². The largest absolute Gasteiger partial charge is 0.286 e. The number of ketones is 1.